The van der Waals surface area contributed by atoms with Gasteiger partial charge in [-0.25, -0.2) is 0 Å². The van der Waals surface area contributed by atoms with E-state index in [-0.39, 0.29) is 3.42 Å². The van der Waals surface area contributed by atoms with E-state index in [9.17, 15) is 4.79 Å². The van der Waals surface area contributed by atoms with Crippen molar-refractivity contribution in [3.05, 3.63) is 34.9 Å². The summed E-state index contributed by atoms with van der Waals surface area (Å²) in [6.45, 7) is 0. The van der Waals surface area contributed by atoms with Crippen molar-refractivity contribution in [2.75, 3.05) is 0 Å². The van der Waals surface area contributed by atoms with Crippen LogP contribution >= 0.6 is 34.2 Å². The van der Waals surface area contributed by atoms with Gasteiger partial charge in [-0.15, -0.1) is 0 Å². The Morgan fingerprint density at radius 1 is 1.27 bits per heavy atom. The molecule has 15 heavy (non-hydrogen) atoms. The molecular formula is C12H12ClIO. The molecule has 1 aliphatic carbocycles. The zero-order chi connectivity index (χ0) is 10.9. The van der Waals surface area contributed by atoms with Crippen LogP contribution in [0.5, 0.6) is 0 Å². The largest absolute Gasteiger partial charge is 0.298 e. The van der Waals surface area contributed by atoms with Crippen molar-refractivity contribution in [1.29, 1.82) is 0 Å². The first-order chi connectivity index (χ1) is 7.14. The summed E-state index contributed by atoms with van der Waals surface area (Å²) >= 11 is 8.43. The van der Waals surface area contributed by atoms with Crippen molar-refractivity contribution in [1.82, 2.24) is 0 Å². The number of carbonyl (C=O) groups excluding carboxylic acids is 1. The van der Waals surface area contributed by atoms with Crippen molar-refractivity contribution in [2.24, 2.45) is 0 Å². The number of ketones is 1. The number of rotatable bonds is 1. The number of carbonyl (C=O) groups is 1. The lowest BCUT2D eigenvalue weighted by Crippen LogP contribution is -2.32. The second kappa shape index (κ2) is 4.42. The van der Waals surface area contributed by atoms with Crippen LogP contribution in [-0.4, -0.2) is 5.78 Å². The Hall–Kier alpha value is -0.0900. The Bertz CT molecular complexity index is 391. The Morgan fingerprint density at radius 2 is 2.00 bits per heavy atom. The summed E-state index contributed by atoms with van der Waals surface area (Å²) in [4.78, 5) is 12.0. The van der Waals surface area contributed by atoms with Crippen LogP contribution in [0.25, 0.3) is 0 Å². The van der Waals surface area contributed by atoms with E-state index in [0.717, 1.165) is 24.8 Å². The van der Waals surface area contributed by atoms with Crippen LogP contribution in [-0.2, 0) is 8.22 Å². The van der Waals surface area contributed by atoms with E-state index in [4.69, 9.17) is 11.6 Å². The maximum absolute atomic E-state index is 12.0. The molecule has 0 N–H and O–H groups in total. The zero-order valence-corrected chi connectivity index (χ0v) is 11.2. The highest BCUT2D eigenvalue weighted by atomic mass is 127. The minimum atomic E-state index is -0.381. The SMILES string of the molecule is O=C1CCCC[C@@]1(I)c1ccccc1Cl. The lowest BCUT2D eigenvalue weighted by molar-refractivity contribution is -0.122. The summed E-state index contributed by atoms with van der Waals surface area (Å²) in [5.41, 5.74) is 0.983. The number of alkyl halides is 1. The van der Waals surface area contributed by atoms with Gasteiger partial charge in [0.25, 0.3) is 0 Å². The van der Waals surface area contributed by atoms with Gasteiger partial charge in [0.15, 0.2) is 5.78 Å². The molecule has 1 saturated carbocycles. The van der Waals surface area contributed by atoms with Crippen LogP contribution in [0.15, 0.2) is 24.3 Å². The number of hydrogen-bond donors (Lipinski definition) is 0. The Balaban J connectivity index is 2.44. The van der Waals surface area contributed by atoms with Gasteiger partial charge in [0, 0.05) is 11.4 Å². The second-order valence-electron chi connectivity index (χ2n) is 3.91. The first kappa shape index (κ1) is 11.4. The van der Waals surface area contributed by atoms with E-state index in [1.807, 2.05) is 24.3 Å². The third-order valence-electron chi connectivity index (χ3n) is 2.92. The number of benzene rings is 1. The second-order valence-corrected chi connectivity index (χ2v) is 6.16. The molecule has 1 aromatic carbocycles. The molecule has 2 rings (SSSR count). The Labute approximate surface area is 108 Å². The molecule has 0 bridgehead atoms. The summed E-state index contributed by atoms with van der Waals surface area (Å²) in [6.07, 6.45) is 3.73. The van der Waals surface area contributed by atoms with Crippen LogP contribution in [0.2, 0.25) is 5.02 Å². The van der Waals surface area contributed by atoms with Gasteiger partial charge in [-0.1, -0.05) is 58.8 Å². The van der Waals surface area contributed by atoms with E-state index in [2.05, 4.69) is 22.6 Å². The molecule has 1 aliphatic rings. The quantitative estimate of drug-likeness (QED) is 0.558. The molecule has 1 nitrogen and oxygen atoms in total. The fourth-order valence-corrected chi connectivity index (χ4v) is 3.64. The lowest BCUT2D eigenvalue weighted by Gasteiger charge is -2.31. The maximum atomic E-state index is 12.0. The van der Waals surface area contributed by atoms with Gasteiger partial charge >= 0.3 is 0 Å². The van der Waals surface area contributed by atoms with Crippen LogP contribution in [0.3, 0.4) is 0 Å². The van der Waals surface area contributed by atoms with Crippen LogP contribution in [0.4, 0.5) is 0 Å². The Kier molecular flexibility index (Phi) is 3.36. The lowest BCUT2D eigenvalue weighted by atomic mass is 9.83. The van der Waals surface area contributed by atoms with Gasteiger partial charge in [0.1, 0.15) is 3.42 Å². The Morgan fingerprint density at radius 3 is 2.67 bits per heavy atom. The molecule has 1 aromatic rings. The summed E-state index contributed by atoms with van der Waals surface area (Å²) < 4.78 is -0.381. The highest BCUT2D eigenvalue weighted by Gasteiger charge is 2.39. The van der Waals surface area contributed by atoms with Gasteiger partial charge in [0.05, 0.1) is 0 Å². The van der Waals surface area contributed by atoms with Crippen molar-refractivity contribution >= 4 is 40.0 Å². The molecule has 80 valence electrons. The van der Waals surface area contributed by atoms with Gasteiger partial charge in [-0.3, -0.25) is 4.79 Å². The van der Waals surface area contributed by atoms with E-state index >= 15 is 0 Å². The van der Waals surface area contributed by atoms with Crippen LogP contribution in [0.1, 0.15) is 31.2 Å². The fourth-order valence-electron chi connectivity index (χ4n) is 2.06. The predicted molar refractivity (Wildman–Crippen MR) is 70.6 cm³/mol. The van der Waals surface area contributed by atoms with Crippen molar-refractivity contribution < 1.29 is 4.79 Å². The first-order valence-electron chi connectivity index (χ1n) is 5.12. The highest BCUT2D eigenvalue weighted by molar-refractivity contribution is 14.1. The summed E-state index contributed by atoms with van der Waals surface area (Å²) in [6, 6.07) is 7.68. The zero-order valence-electron chi connectivity index (χ0n) is 8.30. The molecule has 1 atom stereocenters. The van der Waals surface area contributed by atoms with E-state index < -0.39 is 0 Å². The normalized spacial score (nSPS) is 26.7. The van der Waals surface area contributed by atoms with Gasteiger partial charge < -0.3 is 0 Å². The fraction of sp³-hybridized carbons (Fsp3) is 0.417. The number of hydrogen-bond acceptors (Lipinski definition) is 1. The molecule has 0 amide bonds. The molecule has 0 aromatic heterocycles. The van der Waals surface area contributed by atoms with Gasteiger partial charge in [-0.05, 0) is 24.5 Å². The monoisotopic (exact) mass is 334 g/mol. The highest BCUT2D eigenvalue weighted by Crippen LogP contribution is 2.45. The first-order valence-corrected chi connectivity index (χ1v) is 6.57. The molecule has 0 spiro atoms. The molecular weight excluding hydrogens is 322 g/mol. The molecule has 0 saturated heterocycles. The smallest absolute Gasteiger partial charge is 0.153 e. The molecule has 3 heteroatoms. The van der Waals surface area contributed by atoms with Crippen LogP contribution < -0.4 is 0 Å². The standard InChI is InChI=1S/C12H12ClIO/c13-10-6-2-1-5-9(10)12(14)8-4-3-7-11(12)15/h1-2,5-6H,3-4,7-8H2/t12-/m1/s1. The molecule has 1 fully saturated rings. The summed E-state index contributed by atoms with van der Waals surface area (Å²) in [7, 11) is 0. The molecule has 0 radical (unpaired) electrons. The molecule has 0 aliphatic heterocycles. The number of halogens is 2. The van der Waals surface area contributed by atoms with Crippen LogP contribution in [0, 0.1) is 0 Å². The summed E-state index contributed by atoms with van der Waals surface area (Å²) in [5, 5.41) is 0.710. The average Bonchev–Trinajstić information content (AvgIpc) is 2.23. The minimum absolute atomic E-state index is 0.322. The molecule has 0 unspecified atom stereocenters. The van der Waals surface area contributed by atoms with Crippen molar-refractivity contribution in [3.8, 4) is 0 Å². The predicted octanol–water partition coefficient (Wildman–Crippen LogP) is 4.11. The minimum Gasteiger partial charge on any atom is -0.298 e. The average molecular weight is 335 g/mol. The van der Waals surface area contributed by atoms with Gasteiger partial charge in [-0.2, -0.15) is 0 Å². The summed E-state index contributed by atoms with van der Waals surface area (Å²) in [5.74, 6) is 0.322. The van der Waals surface area contributed by atoms with Crippen molar-refractivity contribution in [2.45, 2.75) is 29.1 Å². The van der Waals surface area contributed by atoms with E-state index in [1.54, 1.807) is 0 Å². The number of Topliss-reactive ketones (excluding diaryl/α,β-unsaturated/α-hetero) is 1. The van der Waals surface area contributed by atoms with Crippen molar-refractivity contribution in [3.63, 3.8) is 0 Å². The topological polar surface area (TPSA) is 17.1 Å². The third kappa shape index (κ3) is 2.07. The maximum Gasteiger partial charge on any atom is 0.153 e. The van der Waals surface area contributed by atoms with Gasteiger partial charge in [0.2, 0.25) is 0 Å². The molecule has 0 heterocycles. The third-order valence-corrected chi connectivity index (χ3v) is 4.97. The van der Waals surface area contributed by atoms with E-state index in [0.29, 0.717) is 17.2 Å². The van der Waals surface area contributed by atoms with E-state index in [1.165, 1.54) is 0 Å².